The first-order chi connectivity index (χ1) is 16.3. The number of carbonyl (C=O) groups is 1. The standard InChI is InChI=1S/C22H17ClN6O4S/c23-16-4-2-15(3-5-16)19-12-21(31)29(14-26-19)13-20(30)27-17-6-8-18(9-7-17)34(32,33)28-22-24-10-1-11-25-22/h1-12,14H,13H2,(H,27,30)(H,24,25,28). The summed E-state index contributed by atoms with van der Waals surface area (Å²) in [4.78, 5) is 36.6. The van der Waals surface area contributed by atoms with Crippen molar-refractivity contribution in [3.05, 3.63) is 94.8 Å². The third-order valence-electron chi connectivity index (χ3n) is 4.57. The molecule has 4 aromatic rings. The van der Waals surface area contributed by atoms with Crippen LogP contribution in [0, 0.1) is 0 Å². The second-order valence-corrected chi connectivity index (χ2v) is 9.12. The van der Waals surface area contributed by atoms with Gasteiger partial charge in [0.1, 0.15) is 6.54 Å². The second-order valence-electron chi connectivity index (χ2n) is 7.00. The SMILES string of the molecule is O=C(Cn1cnc(-c2ccc(Cl)cc2)cc1=O)Nc1ccc(S(=O)(=O)Nc2ncccn2)cc1. The van der Waals surface area contributed by atoms with Crippen LogP contribution in [0.4, 0.5) is 11.6 Å². The molecule has 12 heteroatoms. The fourth-order valence-electron chi connectivity index (χ4n) is 2.93. The van der Waals surface area contributed by atoms with E-state index < -0.39 is 21.5 Å². The predicted octanol–water partition coefficient (Wildman–Crippen LogP) is 2.79. The van der Waals surface area contributed by atoms with E-state index in [-0.39, 0.29) is 17.4 Å². The molecular formula is C22H17ClN6O4S. The summed E-state index contributed by atoms with van der Waals surface area (Å²) in [6.07, 6.45) is 4.12. The number of benzene rings is 2. The average Bonchev–Trinajstić information content (AvgIpc) is 2.82. The molecule has 0 bridgehead atoms. The van der Waals surface area contributed by atoms with E-state index in [1.807, 2.05) is 0 Å². The Labute approximate surface area is 199 Å². The summed E-state index contributed by atoms with van der Waals surface area (Å²) in [5.74, 6) is -0.532. The van der Waals surface area contributed by atoms with Gasteiger partial charge in [-0.1, -0.05) is 23.7 Å². The molecule has 2 heterocycles. The van der Waals surface area contributed by atoms with Gasteiger partial charge >= 0.3 is 0 Å². The van der Waals surface area contributed by atoms with Gasteiger partial charge in [0.25, 0.3) is 15.6 Å². The molecule has 172 valence electrons. The number of hydrogen-bond donors (Lipinski definition) is 2. The van der Waals surface area contributed by atoms with Crippen LogP contribution in [-0.4, -0.2) is 33.8 Å². The van der Waals surface area contributed by atoms with Crippen LogP contribution >= 0.6 is 11.6 Å². The second kappa shape index (κ2) is 9.81. The molecule has 2 aromatic heterocycles. The maximum Gasteiger partial charge on any atom is 0.264 e. The van der Waals surface area contributed by atoms with E-state index in [9.17, 15) is 18.0 Å². The third-order valence-corrected chi connectivity index (χ3v) is 6.17. The third kappa shape index (κ3) is 5.63. The first-order valence-electron chi connectivity index (χ1n) is 9.82. The van der Waals surface area contributed by atoms with Crippen molar-refractivity contribution in [1.82, 2.24) is 19.5 Å². The van der Waals surface area contributed by atoms with Gasteiger partial charge < -0.3 is 5.32 Å². The van der Waals surface area contributed by atoms with Crippen molar-refractivity contribution in [3.63, 3.8) is 0 Å². The summed E-state index contributed by atoms with van der Waals surface area (Å²) in [7, 11) is -3.89. The Kier molecular flexibility index (Phi) is 6.66. The van der Waals surface area contributed by atoms with Gasteiger partial charge in [0.2, 0.25) is 11.9 Å². The first-order valence-corrected chi connectivity index (χ1v) is 11.7. The predicted molar refractivity (Wildman–Crippen MR) is 127 cm³/mol. The Hall–Kier alpha value is -4.09. The summed E-state index contributed by atoms with van der Waals surface area (Å²) in [5, 5.41) is 3.19. The highest BCUT2D eigenvalue weighted by Crippen LogP contribution is 2.18. The zero-order valence-corrected chi connectivity index (χ0v) is 19.0. The molecule has 1 amide bonds. The highest BCUT2D eigenvalue weighted by molar-refractivity contribution is 7.92. The lowest BCUT2D eigenvalue weighted by atomic mass is 10.1. The van der Waals surface area contributed by atoms with E-state index in [0.717, 1.165) is 10.1 Å². The maximum absolute atomic E-state index is 12.4. The van der Waals surface area contributed by atoms with E-state index in [0.29, 0.717) is 16.4 Å². The molecular weight excluding hydrogens is 480 g/mol. The number of halogens is 1. The number of carbonyl (C=O) groups excluding carboxylic acids is 1. The van der Waals surface area contributed by atoms with Crippen LogP contribution in [0.1, 0.15) is 0 Å². The molecule has 0 aliphatic rings. The Bertz CT molecular complexity index is 1470. The normalized spacial score (nSPS) is 11.1. The number of amides is 1. The lowest BCUT2D eigenvalue weighted by molar-refractivity contribution is -0.116. The molecule has 10 nitrogen and oxygen atoms in total. The molecule has 0 saturated carbocycles. The van der Waals surface area contributed by atoms with Crippen LogP contribution in [0.25, 0.3) is 11.3 Å². The molecule has 0 radical (unpaired) electrons. The number of sulfonamides is 1. The smallest absolute Gasteiger partial charge is 0.264 e. The monoisotopic (exact) mass is 496 g/mol. The fraction of sp³-hybridized carbons (Fsp3) is 0.0455. The topological polar surface area (TPSA) is 136 Å². The molecule has 2 N–H and O–H groups in total. The van der Waals surface area contributed by atoms with Crippen LogP contribution in [-0.2, 0) is 21.4 Å². The molecule has 0 atom stereocenters. The molecule has 2 aromatic carbocycles. The van der Waals surface area contributed by atoms with Gasteiger partial charge in [-0.15, -0.1) is 0 Å². The molecule has 0 fully saturated rings. The average molecular weight is 497 g/mol. The first kappa shape index (κ1) is 23.1. The van der Waals surface area contributed by atoms with Crippen molar-refractivity contribution in [2.75, 3.05) is 10.0 Å². The number of aromatic nitrogens is 4. The van der Waals surface area contributed by atoms with E-state index in [2.05, 4.69) is 25.0 Å². The van der Waals surface area contributed by atoms with Gasteiger partial charge in [0.15, 0.2) is 0 Å². The lowest BCUT2D eigenvalue weighted by Gasteiger charge is -2.09. The van der Waals surface area contributed by atoms with Crippen LogP contribution in [0.5, 0.6) is 0 Å². The molecule has 4 rings (SSSR count). The zero-order chi connectivity index (χ0) is 24.1. The van der Waals surface area contributed by atoms with E-state index in [1.54, 1.807) is 30.3 Å². The van der Waals surface area contributed by atoms with Gasteiger partial charge in [-0.2, -0.15) is 0 Å². The highest BCUT2D eigenvalue weighted by atomic mass is 35.5. The van der Waals surface area contributed by atoms with Crippen molar-refractivity contribution in [1.29, 1.82) is 0 Å². The van der Waals surface area contributed by atoms with Crippen molar-refractivity contribution < 1.29 is 13.2 Å². The Morgan fingerprint density at radius 1 is 0.971 bits per heavy atom. The molecule has 34 heavy (non-hydrogen) atoms. The summed E-state index contributed by atoms with van der Waals surface area (Å²) in [6.45, 7) is -0.264. The summed E-state index contributed by atoms with van der Waals surface area (Å²) in [6, 6.07) is 15.3. The highest BCUT2D eigenvalue weighted by Gasteiger charge is 2.16. The van der Waals surface area contributed by atoms with E-state index in [1.165, 1.54) is 49.1 Å². The summed E-state index contributed by atoms with van der Waals surface area (Å²) < 4.78 is 28.3. The van der Waals surface area contributed by atoms with Gasteiger partial charge in [-0.05, 0) is 42.5 Å². The minimum Gasteiger partial charge on any atom is -0.325 e. The molecule has 0 aliphatic heterocycles. The lowest BCUT2D eigenvalue weighted by Crippen LogP contribution is -2.27. The largest absolute Gasteiger partial charge is 0.325 e. The van der Waals surface area contributed by atoms with E-state index >= 15 is 0 Å². The maximum atomic E-state index is 12.4. The van der Waals surface area contributed by atoms with Gasteiger partial charge in [-0.25, -0.2) is 28.1 Å². The van der Waals surface area contributed by atoms with Crippen molar-refractivity contribution >= 4 is 39.2 Å². The molecule has 0 unspecified atom stereocenters. The summed E-state index contributed by atoms with van der Waals surface area (Å²) in [5.41, 5.74) is 1.15. The summed E-state index contributed by atoms with van der Waals surface area (Å²) >= 11 is 5.87. The van der Waals surface area contributed by atoms with Gasteiger partial charge in [0.05, 0.1) is 16.9 Å². The molecule has 0 aliphatic carbocycles. The number of anilines is 2. The fourth-order valence-corrected chi connectivity index (χ4v) is 4.01. The number of nitrogens with one attached hydrogen (secondary N) is 2. The van der Waals surface area contributed by atoms with Crippen molar-refractivity contribution in [2.45, 2.75) is 11.4 Å². The minimum atomic E-state index is -3.89. The number of rotatable bonds is 7. The zero-order valence-electron chi connectivity index (χ0n) is 17.4. The molecule has 0 saturated heterocycles. The van der Waals surface area contributed by atoms with Crippen LogP contribution in [0.3, 0.4) is 0 Å². The Morgan fingerprint density at radius 3 is 2.29 bits per heavy atom. The quantitative estimate of drug-likeness (QED) is 0.401. The van der Waals surface area contributed by atoms with Crippen LogP contribution in [0.15, 0.2) is 89.1 Å². The Morgan fingerprint density at radius 2 is 1.65 bits per heavy atom. The van der Waals surface area contributed by atoms with Gasteiger partial charge in [-0.3, -0.25) is 14.2 Å². The van der Waals surface area contributed by atoms with Crippen LogP contribution in [0.2, 0.25) is 5.02 Å². The molecule has 0 spiro atoms. The van der Waals surface area contributed by atoms with Crippen molar-refractivity contribution in [3.8, 4) is 11.3 Å². The number of hydrogen-bond acceptors (Lipinski definition) is 7. The van der Waals surface area contributed by atoms with Crippen molar-refractivity contribution in [2.24, 2.45) is 0 Å². The van der Waals surface area contributed by atoms with Gasteiger partial charge in [0, 0.05) is 34.7 Å². The van der Waals surface area contributed by atoms with E-state index in [4.69, 9.17) is 11.6 Å². The Balaban J connectivity index is 1.40. The number of nitrogens with zero attached hydrogens (tertiary/aromatic N) is 4. The minimum absolute atomic E-state index is 0.0313. The van der Waals surface area contributed by atoms with Crippen LogP contribution < -0.4 is 15.6 Å².